The number of piperazine rings is 1. The largest absolute Gasteiger partial charge is 0.369 e. The Kier molecular flexibility index (Phi) is 5.71. The van der Waals surface area contributed by atoms with E-state index >= 15 is 0 Å². The van der Waals surface area contributed by atoms with Gasteiger partial charge in [0.15, 0.2) is 19.7 Å². The molecule has 2 fully saturated rings. The van der Waals surface area contributed by atoms with Crippen molar-refractivity contribution in [3.05, 3.63) is 46.3 Å². The number of halogens is 1. The maximum atomic E-state index is 13.2. The Balaban J connectivity index is 1.54. The molecule has 29 heavy (non-hydrogen) atoms. The summed E-state index contributed by atoms with van der Waals surface area (Å²) in [5, 5.41) is -0.951. The molecule has 2 saturated heterocycles. The van der Waals surface area contributed by atoms with Gasteiger partial charge in [-0.1, -0.05) is 23.7 Å². The van der Waals surface area contributed by atoms with Gasteiger partial charge < -0.3 is 4.90 Å². The van der Waals surface area contributed by atoms with E-state index in [-0.39, 0.29) is 15.7 Å². The standard InChI is InChI=1S/C19H23ClN2O4S3/c1-14-3-2-4-15(11-14)21-7-9-22(10-8-21)16-12-28(23,24)13-17(16)29(25,26)19-6-5-18(20)27-19/h2-6,11,16-17H,7-10,12-13H2,1H3/t16-,17-/m0/s1. The summed E-state index contributed by atoms with van der Waals surface area (Å²) in [4.78, 5) is 4.30. The molecular weight excluding hydrogens is 452 g/mol. The predicted molar refractivity (Wildman–Crippen MR) is 118 cm³/mol. The fourth-order valence-electron chi connectivity index (χ4n) is 4.17. The van der Waals surface area contributed by atoms with Crippen molar-refractivity contribution >= 4 is 48.3 Å². The Hall–Kier alpha value is -1.13. The second-order valence-corrected chi connectivity index (χ2v) is 13.9. The summed E-state index contributed by atoms with van der Waals surface area (Å²) in [5.41, 5.74) is 2.33. The van der Waals surface area contributed by atoms with Crippen LogP contribution in [0.5, 0.6) is 0 Å². The van der Waals surface area contributed by atoms with Crippen LogP contribution in [0, 0.1) is 6.92 Å². The van der Waals surface area contributed by atoms with Crippen molar-refractivity contribution < 1.29 is 16.8 Å². The Bertz CT molecular complexity index is 1110. The second-order valence-electron chi connectivity index (χ2n) is 7.65. The van der Waals surface area contributed by atoms with Crippen molar-refractivity contribution in [1.82, 2.24) is 4.90 Å². The number of sulfone groups is 2. The van der Waals surface area contributed by atoms with Gasteiger partial charge in [0.25, 0.3) is 0 Å². The lowest BCUT2D eigenvalue weighted by Crippen LogP contribution is -2.54. The average Bonchev–Trinajstić information content (AvgIpc) is 3.25. The summed E-state index contributed by atoms with van der Waals surface area (Å²) in [6.07, 6.45) is 0. The minimum absolute atomic E-state index is 0.111. The molecule has 158 valence electrons. The molecule has 2 atom stereocenters. The molecule has 0 radical (unpaired) electrons. The fourth-order valence-corrected chi connectivity index (χ4v) is 10.7. The van der Waals surface area contributed by atoms with E-state index in [1.807, 2.05) is 11.0 Å². The summed E-state index contributed by atoms with van der Waals surface area (Å²) >= 11 is 6.90. The Morgan fingerprint density at radius 3 is 2.41 bits per heavy atom. The summed E-state index contributed by atoms with van der Waals surface area (Å²) in [5.74, 6) is -0.436. The van der Waals surface area contributed by atoms with Crippen LogP contribution < -0.4 is 4.90 Å². The first-order chi connectivity index (χ1) is 13.7. The van der Waals surface area contributed by atoms with Crippen LogP contribution in [0.4, 0.5) is 5.69 Å². The molecule has 2 aliphatic heterocycles. The van der Waals surface area contributed by atoms with Crippen LogP contribution in [0.1, 0.15) is 5.56 Å². The molecule has 1 aromatic carbocycles. The van der Waals surface area contributed by atoms with E-state index in [0.717, 1.165) is 30.1 Å². The molecular formula is C19H23ClN2O4S3. The number of rotatable bonds is 4. The first kappa shape index (κ1) is 21.1. The number of anilines is 1. The van der Waals surface area contributed by atoms with Gasteiger partial charge in [0.1, 0.15) is 4.21 Å². The van der Waals surface area contributed by atoms with Gasteiger partial charge in [-0.25, -0.2) is 16.8 Å². The zero-order valence-corrected chi connectivity index (χ0v) is 19.2. The van der Waals surface area contributed by atoms with Gasteiger partial charge in [0, 0.05) is 37.9 Å². The van der Waals surface area contributed by atoms with E-state index in [9.17, 15) is 16.8 Å². The molecule has 0 saturated carbocycles. The van der Waals surface area contributed by atoms with Crippen LogP contribution in [-0.2, 0) is 19.7 Å². The monoisotopic (exact) mass is 474 g/mol. The van der Waals surface area contributed by atoms with E-state index in [2.05, 4.69) is 30.0 Å². The van der Waals surface area contributed by atoms with Crippen LogP contribution in [0.15, 0.2) is 40.6 Å². The molecule has 4 rings (SSSR count). The molecule has 3 heterocycles. The molecule has 10 heteroatoms. The maximum Gasteiger partial charge on any atom is 0.193 e. The van der Waals surface area contributed by atoms with Gasteiger partial charge in [-0.2, -0.15) is 0 Å². The molecule has 2 aromatic rings. The number of nitrogens with zero attached hydrogens (tertiary/aromatic N) is 2. The second kappa shape index (κ2) is 7.85. The van der Waals surface area contributed by atoms with Crippen molar-refractivity contribution in [2.24, 2.45) is 0 Å². The molecule has 6 nitrogen and oxygen atoms in total. The summed E-state index contributed by atoms with van der Waals surface area (Å²) < 4.78 is 51.6. The maximum absolute atomic E-state index is 13.2. The van der Waals surface area contributed by atoms with Gasteiger partial charge >= 0.3 is 0 Å². The van der Waals surface area contributed by atoms with Crippen molar-refractivity contribution in [1.29, 1.82) is 0 Å². The zero-order valence-electron chi connectivity index (χ0n) is 16.0. The van der Waals surface area contributed by atoms with E-state index < -0.39 is 31.0 Å². The van der Waals surface area contributed by atoms with Gasteiger partial charge in [-0.15, -0.1) is 11.3 Å². The summed E-state index contributed by atoms with van der Waals surface area (Å²) in [6.45, 7) is 4.78. The van der Waals surface area contributed by atoms with E-state index in [4.69, 9.17) is 11.6 Å². The summed E-state index contributed by atoms with van der Waals surface area (Å²) in [7, 11) is -7.17. The van der Waals surface area contributed by atoms with Gasteiger partial charge in [0.05, 0.1) is 21.1 Å². The lowest BCUT2D eigenvalue weighted by molar-refractivity contribution is 0.202. The number of aryl methyl sites for hydroxylation is 1. The third kappa shape index (κ3) is 4.34. The summed E-state index contributed by atoms with van der Waals surface area (Å²) in [6, 6.07) is 10.8. The smallest absolute Gasteiger partial charge is 0.193 e. The van der Waals surface area contributed by atoms with E-state index in [0.29, 0.717) is 17.4 Å². The SMILES string of the molecule is Cc1cccc(N2CCN([C@H]3CS(=O)(=O)C[C@@H]3S(=O)(=O)c3ccc(Cl)s3)CC2)c1. The number of benzene rings is 1. The lowest BCUT2D eigenvalue weighted by Gasteiger charge is -2.40. The first-order valence-corrected chi connectivity index (χ1v) is 14.0. The van der Waals surface area contributed by atoms with Crippen molar-refractivity contribution in [2.45, 2.75) is 22.4 Å². The topological polar surface area (TPSA) is 74.8 Å². The molecule has 0 N–H and O–H groups in total. The minimum Gasteiger partial charge on any atom is -0.369 e. The molecule has 1 aromatic heterocycles. The van der Waals surface area contributed by atoms with Crippen LogP contribution >= 0.6 is 22.9 Å². The zero-order chi connectivity index (χ0) is 20.8. The third-order valence-corrected chi connectivity index (χ3v) is 11.5. The molecule has 0 bridgehead atoms. The molecule has 0 unspecified atom stereocenters. The first-order valence-electron chi connectivity index (χ1n) is 9.41. The van der Waals surface area contributed by atoms with Crippen LogP contribution in [0.25, 0.3) is 0 Å². The molecule has 0 amide bonds. The highest BCUT2D eigenvalue weighted by molar-refractivity contribution is 7.97. The highest BCUT2D eigenvalue weighted by Gasteiger charge is 2.49. The molecule has 0 aliphatic carbocycles. The van der Waals surface area contributed by atoms with Crippen LogP contribution in [0.2, 0.25) is 4.34 Å². The third-order valence-electron chi connectivity index (χ3n) is 5.65. The minimum atomic E-state index is -3.76. The predicted octanol–water partition coefficient (Wildman–Crippen LogP) is 2.47. The van der Waals surface area contributed by atoms with E-state index in [1.165, 1.54) is 17.7 Å². The van der Waals surface area contributed by atoms with Crippen LogP contribution in [-0.4, -0.2) is 70.7 Å². The van der Waals surface area contributed by atoms with Gasteiger partial charge in [-0.3, -0.25) is 4.90 Å². The number of hydrogen-bond acceptors (Lipinski definition) is 7. The Morgan fingerprint density at radius 2 is 1.79 bits per heavy atom. The molecule has 2 aliphatic rings. The average molecular weight is 475 g/mol. The van der Waals surface area contributed by atoms with E-state index in [1.54, 1.807) is 0 Å². The van der Waals surface area contributed by atoms with Crippen molar-refractivity contribution in [3.8, 4) is 0 Å². The van der Waals surface area contributed by atoms with Crippen LogP contribution in [0.3, 0.4) is 0 Å². The Morgan fingerprint density at radius 1 is 1.07 bits per heavy atom. The fraction of sp³-hybridized carbons (Fsp3) is 0.474. The Labute approximate surface area is 180 Å². The lowest BCUT2D eigenvalue weighted by atomic mass is 10.1. The molecule has 0 spiro atoms. The quantitative estimate of drug-likeness (QED) is 0.677. The van der Waals surface area contributed by atoms with Gasteiger partial charge in [0.2, 0.25) is 0 Å². The van der Waals surface area contributed by atoms with Gasteiger partial charge in [-0.05, 0) is 36.8 Å². The highest BCUT2D eigenvalue weighted by Crippen LogP contribution is 2.34. The van der Waals surface area contributed by atoms with Crippen molar-refractivity contribution in [2.75, 3.05) is 42.6 Å². The highest BCUT2D eigenvalue weighted by atomic mass is 35.5. The van der Waals surface area contributed by atoms with Crippen molar-refractivity contribution in [3.63, 3.8) is 0 Å². The number of hydrogen-bond donors (Lipinski definition) is 0. The number of thiophene rings is 1. The normalized spacial score (nSPS) is 25.4.